The molecule has 1 unspecified atom stereocenters. The molecule has 0 aliphatic rings. The van der Waals surface area contributed by atoms with Crippen molar-refractivity contribution in [2.75, 3.05) is 11.9 Å². The van der Waals surface area contributed by atoms with Crippen molar-refractivity contribution in [1.82, 2.24) is 5.32 Å². The summed E-state index contributed by atoms with van der Waals surface area (Å²) in [5.74, 6) is -1.06. The van der Waals surface area contributed by atoms with Crippen LogP contribution in [0.15, 0.2) is 48.5 Å². The maximum atomic E-state index is 13.6. The minimum atomic E-state index is -4.56. The molecule has 2 aromatic rings. The summed E-state index contributed by atoms with van der Waals surface area (Å²) in [6.45, 7) is 1.41. The number of benzene rings is 2. The quantitative estimate of drug-likeness (QED) is 0.804. The Morgan fingerprint density at radius 2 is 1.71 bits per heavy atom. The number of para-hydroxylation sites is 1. The van der Waals surface area contributed by atoms with E-state index in [4.69, 9.17) is 0 Å². The molecule has 128 valence electrons. The molecule has 2 N–H and O–H groups in total. The van der Waals surface area contributed by atoms with Gasteiger partial charge in [0.05, 0.1) is 17.8 Å². The van der Waals surface area contributed by atoms with E-state index in [2.05, 4.69) is 10.6 Å². The second kappa shape index (κ2) is 7.44. The first kappa shape index (κ1) is 17.9. The fraction of sp³-hybridized carbons (Fsp3) is 0.235. The van der Waals surface area contributed by atoms with E-state index < -0.39 is 29.5 Å². The molecule has 0 saturated carbocycles. The van der Waals surface area contributed by atoms with Gasteiger partial charge in [-0.15, -0.1) is 0 Å². The Labute approximate surface area is 136 Å². The maximum absolute atomic E-state index is 13.6. The topological polar surface area (TPSA) is 41.1 Å². The normalized spacial score (nSPS) is 12.7. The van der Waals surface area contributed by atoms with Crippen molar-refractivity contribution >= 4 is 11.6 Å². The van der Waals surface area contributed by atoms with Crippen LogP contribution in [0.5, 0.6) is 0 Å². The number of carbonyl (C=O) groups excluding carboxylic acids is 1. The van der Waals surface area contributed by atoms with Gasteiger partial charge in [0.1, 0.15) is 5.82 Å². The molecule has 0 aliphatic heterocycles. The van der Waals surface area contributed by atoms with Gasteiger partial charge in [-0.05, 0) is 25.1 Å². The Hall–Kier alpha value is -2.41. The average Bonchev–Trinajstić information content (AvgIpc) is 2.52. The van der Waals surface area contributed by atoms with E-state index in [9.17, 15) is 22.4 Å². The summed E-state index contributed by atoms with van der Waals surface area (Å²) in [6, 6.07) is 10.3. The van der Waals surface area contributed by atoms with Crippen LogP contribution in [0.25, 0.3) is 0 Å². The number of alkyl halides is 3. The predicted octanol–water partition coefficient (Wildman–Crippen LogP) is 4.13. The summed E-state index contributed by atoms with van der Waals surface area (Å²) in [5, 5.41) is 5.01. The van der Waals surface area contributed by atoms with Crippen LogP contribution in [0, 0.1) is 5.82 Å². The molecule has 2 aromatic carbocycles. The molecule has 24 heavy (non-hydrogen) atoms. The zero-order chi connectivity index (χ0) is 17.7. The lowest BCUT2D eigenvalue weighted by Crippen LogP contribution is -2.31. The Kier molecular flexibility index (Phi) is 5.56. The molecular weight excluding hydrogens is 324 g/mol. The van der Waals surface area contributed by atoms with Crippen molar-refractivity contribution in [3.63, 3.8) is 0 Å². The second-order valence-corrected chi connectivity index (χ2v) is 5.22. The summed E-state index contributed by atoms with van der Waals surface area (Å²) >= 11 is 0. The largest absolute Gasteiger partial charge is 0.418 e. The van der Waals surface area contributed by atoms with E-state index in [0.717, 1.165) is 6.07 Å². The summed E-state index contributed by atoms with van der Waals surface area (Å²) in [7, 11) is 0. The minimum absolute atomic E-state index is 0.248. The zero-order valence-electron chi connectivity index (χ0n) is 12.8. The highest BCUT2D eigenvalue weighted by molar-refractivity contribution is 5.93. The molecule has 0 radical (unpaired) electrons. The van der Waals surface area contributed by atoms with Gasteiger partial charge in [-0.3, -0.25) is 4.79 Å². The fourth-order valence-electron chi connectivity index (χ4n) is 2.22. The molecule has 0 bridgehead atoms. The van der Waals surface area contributed by atoms with Crippen LogP contribution in [0.2, 0.25) is 0 Å². The van der Waals surface area contributed by atoms with Gasteiger partial charge >= 0.3 is 6.18 Å². The highest BCUT2D eigenvalue weighted by atomic mass is 19.4. The van der Waals surface area contributed by atoms with E-state index in [-0.39, 0.29) is 12.2 Å². The third-order valence-corrected chi connectivity index (χ3v) is 3.45. The molecule has 3 nitrogen and oxygen atoms in total. The van der Waals surface area contributed by atoms with Crippen LogP contribution < -0.4 is 10.6 Å². The van der Waals surface area contributed by atoms with Crippen molar-refractivity contribution in [2.45, 2.75) is 19.1 Å². The van der Waals surface area contributed by atoms with Gasteiger partial charge in [0, 0.05) is 11.6 Å². The molecule has 0 spiro atoms. The van der Waals surface area contributed by atoms with Crippen molar-refractivity contribution in [3.05, 3.63) is 65.5 Å². The van der Waals surface area contributed by atoms with E-state index in [1.165, 1.54) is 24.3 Å². The van der Waals surface area contributed by atoms with Gasteiger partial charge in [0.25, 0.3) is 0 Å². The summed E-state index contributed by atoms with van der Waals surface area (Å²) in [6.07, 6.45) is -4.56. The molecule has 0 saturated heterocycles. The lowest BCUT2D eigenvalue weighted by molar-refractivity contribution is -0.137. The third kappa shape index (κ3) is 4.55. The van der Waals surface area contributed by atoms with E-state index >= 15 is 0 Å². The predicted molar refractivity (Wildman–Crippen MR) is 82.9 cm³/mol. The molecule has 2 rings (SSSR count). The van der Waals surface area contributed by atoms with E-state index in [1.54, 1.807) is 25.1 Å². The Morgan fingerprint density at radius 3 is 2.38 bits per heavy atom. The highest BCUT2D eigenvalue weighted by Gasteiger charge is 2.33. The highest BCUT2D eigenvalue weighted by Crippen LogP contribution is 2.34. The number of anilines is 1. The number of hydrogen-bond donors (Lipinski definition) is 2. The molecule has 0 heterocycles. The standard InChI is InChI=1S/C17H16F4N2O/c1-11(12-6-2-4-8-14(12)18)22-10-16(24)23-15-9-5-3-7-13(15)17(19,20)21/h2-9,11,22H,10H2,1H3,(H,23,24). The second-order valence-electron chi connectivity index (χ2n) is 5.22. The lowest BCUT2D eigenvalue weighted by atomic mass is 10.1. The number of hydrogen-bond acceptors (Lipinski definition) is 2. The first-order valence-electron chi connectivity index (χ1n) is 7.23. The first-order chi connectivity index (χ1) is 11.3. The van der Waals surface area contributed by atoms with Gasteiger partial charge in [0.2, 0.25) is 5.91 Å². The molecule has 0 fully saturated rings. The SMILES string of the molecule is CC(NCC(=O)Nc1ccccc1C(F)(F)F)c1ccccc1F. The zero-order valence-corrected chi connectivity index (χ0v) is 12.8. The third-order valence-electron chi connectivity index (χ3n) is 3.45. The number of carbonyl (C=O) groups is 1. The number of amides is 1. The molecule has 0 aliphatic carbocycles. The number of nitrogens with one attached hydrogen (secondary N) is 2. The molecule has 1 amide bonds. The summed E-state index contributed by atoms with van der Waals surface area (Å²) in [5.41, 5.74) is -0.850. The van der Waals surface area contributed by atoms with Gasteiger partial charge < -0.3 is 10.6 Å². The van der Waals surface area contributed by atoms with Crippen LogP contribution in [0.3, 0.4) is 0 Å². The molecule has 7 heteroatoms. The minimum Gasteiger partial charge on any atom is -0.324 e. The van der Waals surface area contributed by atoms with Crippen LogP contribution >= 0.6 is 0 Å². The Bertz CT molecular complexity index is 716. The van der Waals surface area contributed by atoms with Crippen molar-refractivity contribution in [2.24, 2.45) is 0 Å². The van der Waals surface area contributed by atoms with Crippen LogP contribution in [-0.2, 0) is 11.0 Å². The fourth-order valence-corrected chi connectivity index (χ4v) is 2.22. The van der Waals surface area contributed by atoms with Gasteiger partial charge in [-0.25, -0.2) is 4.39 Å². The van der Waals surface area contributed by atoms with Crippen LogP contribution in [-0.4, -0.2) is 12.5 Å². The monoisotopic (exact) mass is 340 g/mol. The average molecular weight is 340 g/mol. The van der Waals surface area contributed by atoms with Crippen molar-refractivity contribution in [1.29, 1.82) is 0 Å². The number of rotatable bonds is 5. The van der Waals surface area contributed by atoms with Gasteiger partial charge in [0.15, 0.2) is 0 Å². The van der Waals surface area contributed by atoms with Gasteiger partial charge in [-0.2, -0.15) is 13.2 Å². The van der Waals surface area contributed by atoms with Crippen molar-refractivity contribution in [3.8, 4) is 0 Å². The molecular formula is C17H16F4N2O. The van der Waals surface area contributed by atoms with E-state index in [0.29, 0.717) is 5.56 Å². The van der Waals surface area contributed by atoms with Crippen LogP contribution in [0.4, 0.5) is 23.2 Å². The van der Waals surface area contributed by atoms with Crippen molar-refractivity contribution < 1.29 is 22.4 Å². The Balaban J connectivity index is 1.99. The summed E-state index contributed by atoms with van der Waals surface area (Å²) < 4.78 is 52.2. The smallest absolute Gasteiger partial charge is 0.324 e. The molecule has 0 aromatic heterocycles. The molecule has 1 atom stereocenters. The van der Waals surface area contributed by atoms with Gasteiger partial charge in [-0.1, -0.05) is 30.3 Å². The van der Waals surface area contributed by atoms with Crippen LogP contribution in [0.1, 0.15) is 24.1 Å². The number of halogens is 4. The van der Waals surface area contributed by atoms with E-state index in [1.807, 2.05) is 0 Å². The lowest BCUT2D eigenvalue weighted by Gasteiger charge is -2.16. The summed E-state index contributed by atoms with van der Waals surface area (Å²) in [4.78, 5) is 11.9. The first-order valence-corrected chi connectivity index (χ1v) is 7.23. The Morgan fingerprint density at radius 1 is 1.08 bits per heavy atom. The maximum Gasteiger partial charge on any atom is 0.418 e.